The summed E-state index contributed by atoms with van der Waals surface area (Å²) in [6.45, 7) is 7.87. The average molecular weight is 286 g/mol. The molecule has 0 fully saturated rings. The largest absolute Gasteiger partial charge is 0.472 e. The summed E-state index contributed by atoms with van der Waals surface area (Å²) in [6.07, 6.45) is 2.95. The van der Waals surface area contributed by atoms with E-state index in [1.165, 1.54) is 18.1 Å². The Morgan fingerprint density at radius 2 is 1.95 bits per heavy atom. The van der Waals surface area contributed by atoms with E-state index in [1.54, 1.807) is 6.07 Å². The molecule has 2 rings (SSSR count). The van der Waals surface area contributed by atoms with Crippen molar-refractivity contribution >= 4 is 5.91 Å². The van der Waals surface area contributed by atoms with Crippen molar-refractivity contribution in [1.82, 2.24) is 10.2 Å². The maximum Gasteiger partial charge on any atom is 0.254 e. The van der Waals surface area contributed by atoms with Crippen LogP contribution >= 0.6 is 0 Å². The van der Waals surface area contributed by atoms with Gasteiger partial charge in [0, 0.05) is 13.1 Å². The highest BCUT2D eigenvalue weighted by atomic mass is 16.3. The summed E-state index contributed by atoms with van der Waals surface area (Å²) in [4.78, 5) is 14.2. The second kappa shape index (κ2) is 7.64. The number of carbonyl (C=O) groups excluding carboxylic acids is 1. The molecule has 4 heteroatoms. The van der Waals surface area contributed by atoms with E-state index < -0.39 is 0 Å². The van der Waals surface area contributed by atoms with Gasteiger partial charge in [-0.05, 0) is 30.3 Å². The molecule has 21 heavy (non-hydrogen) atoms. The Bertz CT molecular complexity index is 560. The van der Waals surface area contributed by atoms with Crippen LogP contribution in [0.1, 0.15) is 35.3 Å². The average Bonchev–Trinajstić information content (AvgIpc) is 3.05. The summed E-state index contributed by atoms with van der Waals surface area (Å²) in [5.41, 5.74) is 2.93. The molecular formula is C17H22N2O2. The summed E-state index contributed by atoms with van der Waals surface area (Å²) in [5.74, 6) is -0.113. The number of rotatable bonds is 7. The van der Waals surface area contributed by atoms with Gasteiger partial charge in [0.15, 0.2) is 0 Å². The van der Waals surface area contributed by atoms with Crippen LogP contribution in [0.15, 0.2) is 47.3 Å². The number of hydrogen-bond acceptors (Lipinski definition) is 3. The van der Waals surface area contributed by atoms with Crippen LogP contribution in [0.4, 0.5) is 0 Å². The first-order valence-electron chi connectivity index (χ1n) is 7.33. The number of hydrogen-bond donors (Lipinski definition) is 1. The number of carbonyl (C=O) groups is 1. The topological polar surface area (TPSA) is 45.5 Å². The monoisotopic (exact) mass is 286 g/mol. The maximum absolute atomic E-state index is 11.9. The van der Waals surface area contributed by atoms with E-state index in [-0.39, 0.29) is 5.91 Å². The molecule has 1 aromatic heterocycles. The highest BCUT2D eigenvalue weighted by Gasteiger charge is 2.07. The number of amides is 1. The van der Waals surface area contributed by atoms with Gasteiger partial charge < -0.3 is 9.73 Å². The molecule has 1 N–H and O–H groups in total. The molecule has 0 atom stereocenters. The number of nitrogens with one attached hydrogen (secondary N) is 1. The van der Waals surface area contributed by atoms with Gasteiger partial charge in [-0.3, -0.25) is 9.69 Å². The highest BCUT2D eigenvalue weighted by Crippen LogP contribution is 2.09. The minimum atomic E-state index is -0.113. The Hall–Kier alpha value is -2.07. The van der Waals surface area contributed by atoms with E-state index in [0.717, 1.165) is 25.2 Å². The van der Waals surface area contributed by atoms with Gasteiger partial charge in [0.2, 0.25) is 0 Å². The van der Waals surface area contributed by atoms with Crippen LogP contribution in [-0.4, -0.2) is 23.9 Å². The van der Waals surface area contributed by atoms with Crippen molar-refractivity contribution in [3.63, 3.8) is 0 Å². The molecule has 0 spiro atoms. The molecule has 112 valence electrons. The van der Waals surface area contributed by atoms with Gasteiger partial charge in [-0.1, -0.05) is 38.1 Å². The van der Waals surface area contributed by atoms with Crippen molar-refractivity contribution in [2.75, 3.05) is 13.1 Å². The highest BCUT2D eigenvalue weighted by molar-refractivity contribution is 5.93. The Balaban J connectivity index is 1.93. The summed E-state index contributed by atoms with van der Waals surface area (Å²) in [6, 6.07) is 10.00. The number of benzene rings is 1. The van der Waals surface area contributed by atoms with E-state index in [4.69, 9.17) is 4.42 Å². The lowest BCUT2D eigenvalue weighted by atomic mass is 10.1. The molecule has 1 heterocycles. The van der Waals surface area contributed by atoms with Crippen LogP contribution in [0, 0.1) is 0 Å². The molecule has 0 aliphatic heterocycles. The third-order valence-corrected chi connectivity index (χ3v) is 3.53. The van der Waals surface area contributed by atoms with Crippen LogP contribution in [-0.2, 0) is 13.1 Å². The maximum atomic E-state index is 11.9. The molecule has 0 saturated carbocycles. The first-order chi connectivity index (χ1) is 10.2. The molecule has 0 radical (unpaired) electrons. The fraction of sp³-hybridized carbons (Fsp3) is 0.353. The second-order valence-electron chi connectivity index (χ2n) is 4.98. The zero-order chi connectivity index (χ0) is 15.1. The third kappa shape index (κ3) is 4.46. The van der Waals surface area contributed by atoms with Gasteiger partial charge in [0.1, 0.15) is 6.26 Å². The third-order valence-electron chi connectivity index (χ3n) is 3.53. The van der Waals surface area contributed by atoms with E-state index >= 15 is 0 Å². The molecule has 1 aromatic carbocycles. The minimum Gasteiger partial charge on any atom is -0.472 e. The lowest BCUT2D eigenvalue weighted by Crippen LogP contribution is -2.23. The number of furan rings is 1. The smallest absolute Gasteiger partial charge is 0.254 e. The summed E-state index contributed by atoms with van der Waals surface area (Å²) in [7, 11) is 0. The van der Waals surface area contributed by atoms with E-state index in [1.807, 2.05) is 12.1 Å². The predicted molar refractivity (Wildman–Crippen MR) is 82.9 cm³/mol. The Kier molecular flexibility index (Phi) is 5.58. The van der Waals surface area contributed by atoms with Crippen LogP contribution in [0.5, 0.6) is 0 Å². The summed E-state index contributed by atoms with van der Waals surface area (Å²) in [5, 5.41) is 2.90. The molecule has 4 nitrogen and oxygen atoms in total. The molecule has 1 amide bonds. The van der Waals surface area contributed by atoms with Crippen molar-refractivity contribution < 1.29 is 9.21 Å². The van der Waals surface area contributed by atoms with Crippen molar-refractivity contribution in [3.8, 4) is 0 Å². The molecular weight excluding hydrogens is 264 g/mol. The van der Waals surface area contributed by atoms with Gasteiger partial charge in [0.25, 0.3) is 5.91 Å². The van der Waals surface area contributed by atoms with Gasteiger partial charge in [-0.25, -0.2) is 0 Å². The van der Waals surface area contributed by atoms with Crippen LogP contribution in [0.2, 0.25) is 0 Å². The fourth-order valence-corrected chi connectivity index (χ4v) is 2.22. The zero-order valence-corrected chi connectivity index (χ0v) is 12.6. The lowest BCUT2D eigenvalue weighted by molar-refractivity contribution is 0.0950. The van der Waals surface area contributed by atoms with Gasteiger partial charge in [-0.2, -0.15) is 0 Å². The number of nitrogens with zero attached hydrogens (tertiary/aromatic N) is 1. The van der Waals surface area contributed by atoms with E-state index in [9.17, 15) is 4.79 Å². The Labute approximate surface area is 125 Å². The van der Waals surface area contributed by atoms with Gasteiger partial charge >= 0.3 is 0 Å². The fourth-order valence-electron chi connectivity index (χ4n) is 2.22. The van der Waals surface area contributed by atoms with Crippen molar-refractivity contribution in [2.45, 2.75) is 26.9 Å². The standard InChI is InChI=1S/C17H22N2O2/c1-3-19(4-2)12-15-7-5-6-14(10-15)11-18-17(20)16-8-9-21-13-16/h5-10,13H,3-4,11-12H2,1-2H3,(H,18,20). The molecule has 2 aromatic rings. The molecule has 0 aliphatic carbocycles. The molecule has 0 unspecified atom stereocenters. The minimum absolute atomic E-state index is 0.113. The summed E-state index contributed by atoms with van der Waals surface area (Å²) >= 11 is 0. The first-order valence-corrected chi connectivity index (χ1v) is 7.33. The second-order valence-corrected chi connectivity index (χ2v) is 4.98. The normalized spacial score (nSPS) is 10.8. The Morgan fingerprint density at radius 1 is 1.19 bits per heavy atom. The van der Waals surface area contributed by atoms with Crippen LogP contribution in [0.3, 0.4) is 0 Å². The molecule has 0 bridgehead atoms. The van der Waals surface area contributed by atoms with Crippen LogP contribution in [0.25, 0.3) is 0 Å². The van der Waals surface area contributed by atoms with E-state index in [2.05, 4.69) is 36.2 Å². The first kappa shape index (κ1) is 15.3. The van der Waals surface area contributed by atoms with Gasteiger partial charge in [0.05, 0.1) is 11.8 Å². The zero-order valence-electron chi connectivity index (χ0n) is 12.6. The lowest BCUT2D eigenvalue weighted by Gasteiger charge is -2.18. The Morgan fingerprint density at radius 3 is 2.62 bits per heavy atom. The quantitative estimate of drug-likeness (QED) is 0.851. The van der Waals surface area contributed by atoms with Crippen molar-refractivity contribution in [2.24, 2.45) is 0 Å². The van der Waals surface area contributed by atoms with E-state index in [0.29, 0.717) is 12.1 Å². The SMILES string of the molecule is CCN(CC)Cc1cccc(CNC(=O)c2ccoc2)c1. The molecule has 0 saturated heterocycles. The van der Waals surface area contributed by atoms with Crippen molar-refractivity contribution in [3.05, 3.63) is 59.5 Å². The van der Waals surface area contributed by atoms with Gasteiger partial charge in [-0.15, -0.1) is 0 Å². The summed E-state index contributed by atoms with van der Waals surface area (Å²) < 4.78 is 4.91. The predicted octanol–water partition coefficient (Wildman–Crippen LogP) is 3.05. The molecule has 0 aliphatic rings. The van der Waals surface area contributed by atoms with Crippen LogP contribution < -0.4 is 5.32 Å². The van der Waals surface area contributed by atoms with Crippen molar-refractivity contribution in [1.29, 1.82) is 0 Å².